The third-order valence-corrected chi connectivity index (χ3v) is 10.7. The number of hydrogen-bond donors (Lipinski definition) is 3. The van der Waals surface area contributed by atoms with E-state index in [0.717, 1.165) is 32.1 Å². The molecular formula is C47H91NO3. The Labute approximate surface area is 319 Å². The number of aliphatic hydroxyl groups excluding tert-OH is 2. The maximum absolute atomic E-state index is 12.4. The van der Waals surface area contributed by atoms with Crippen LogP contribution < -0.4 is 5.32 Å². The summed E-state index contributed by atoms with van der Waals surface area (Å²) in [4.78, 5) is 12.4. The molecule has 0 aliphatic carbocycles. The summed E-state index contributed by atoms with van der Waals surface area (Å²) in [6, 6.07) is -0.634. The third-order valence-electron chi connectivity index (χ3n) is 10.7. The predicted octanol–water partition coefficient (Wildman–Crippen LogP) is 14.4. The van der Waals surface area contributed by atoms with Gasteiger partial charge in [-0.3, -0.25) is 4.79 Å². The van der Waals surface area contributed by atoms with Gasteiger partial charge in [0.25, 0.3) is 0 Å². The largest absolute Gasteiger partial charge is 0.394 e. The van der Waals surface area contributed by atoms with Gasteiger partial charge in [-0.05, 0) is 32.1 Å². The zero-order valence-corrected chi connectivity index (χ0v) is 34.6. The molecule has 0 aromatic carbocycles. The van der Waals surface area contributed by atoms with E-state index in [0.29, 0.717) is 6.42 Å². The lowest BCUT2D eigenvalue weighted by atomic mass is 10.0. The van der Waals surface area contributed by atoms with Crippen molar-refractivity contribution in [3.63, 3.8) is 0 Å². The number of unbranched alkanes of at least 4 members (excludes halogenated alkanes) is 33. The highest BCUT2D eigenvalue weighted by Gasteiger charge is 2.17. The van der Waals surface area contributed by atoms with E-state index in [1.807, 2.05) is 6.08 Å². The molecule has 0 fully saturated rings. The number of allylic oxidation sites excluding steroid dienone is 3. The van der Waals surface area contributed by atoms with Gasteiger partial charge in [-0.15, -0.1) is 0 Å². The first kappa shape index (κ1) is 49.9. The van der Waals surface area contributed by atoms with Gasteiger partial charge < -0.3 is 15.5 Å². The lowest BCUT2D eigenvalue weighted by Gasteiger charge is -2.19. The Hall–Kier alpha value is -1.13. The zero-order chi connectivity index (χ0) is 37.1. The molecule has 302 valence electrons. The predicted molar refractivity (Wildman–Crippen MR) is 225 cm³/mol. The summed E-state index contributed by atoms with van der Waals surface area (Å²) in [5.74, 6) is -0.0706. The maximum atomic E-state index is 12.4. The molecule has 0 aliphatic rings. The van der Waals surface area contributed by atoms with E-state index >= 15 is 0 Å². The van der Waals surface area contributed by atoms with E-state index in [1.54, 1.807) is 6.08 Å². The molecule has 0 radical (unpaired) electrons. The fraction of sp³-hybridized carbons (Fsp3) is 0.894. The Kier molecular flexibility index (Phi) is 42.3. The van der Waals surface area contributed by atoms with E-state index in [4.69, 9.17) is 0 Å². The van der Waals surface area contributed by atoms with Crippen molar-refractivity contribution in [1.29, 1.82) is 0 Å². The number of amides is 1. The zero-order valence-electron chi connectivity index (χ0n) is 34.6. The van der Waals surface area contributed by atoms with Crippen molar-refractivity contribution >= 4 is 5.91 Å². The lowest BCUT2D eigenvalue weighted by Crippen LogP contribution is -2.45. The van der Waals surface area contributed by atoms with Crippen LogP contribution in [0.1, 0.15) is 251 Å². The Morgan fingerprint density at radius 1 is 0.451 bits per heavy atom. The highest BCUT2D eigenvalue weighted by molar-refractivity contribution is 5.76. The van der Waals surface area contributed by atoms with Crippen LogP contribution in [0, 0.1) is 0 Å². The molecule has 2 unspecified atom stereocenters. The molecule has 0 aromatic rings. The van der Waals surface area contributed by atoms with Crippen LogP contribution in [-0.2, 0) is 4.79 Å². The highest BCUT2D eigenvalue weighted by atomic mass is 16.3. The van der Waals surface area contributed by atoms with Gasteiger partial charge in [0.2, 0.25) is 5.91 Å². The summed E-state index contributed by atoms with van der Waals surface area (Å²) in [6.45, 7) is 4.31. The maximum Gasteiger partial charge on any atom is 0.220 e. The standard InChI is InChI=1S/C47H91NO3/c1-3-5-7-9-11-13-15-17-19-20-21-22-23-24-25-26-27-29-30-32-34-36-38-40-42-46(50)45(44-49)48-47(51)43-41-39-37-35-33-31-28-18-16-14-12-10-8-6-4-2/h32,34,40,42,45-46,49-50H,3-31,33,35-39,41,43-44H2,1-2H3,(H,48,51)/b34-32+,42-40+. The fourth-order valence-corrected chi connectivity index (χ4v) is 7.14. The summed E-state index contributed by atoms with van der Waals surface area (Å²) in [7, 11) is 0. The van der Waals surface area contributed by atoms with Crippen molar-refractivity contribution < 1.29 is 15.0 Å². The molecule has 0 saturated carbocycles. The molecule has 0 bridgehead atoms. The topological polar surface area (TPSA) is 69.6 Å². The van der Waals surface area contributed by atoms with E-state index < -0.39 is 12.1 Å². The number of carbonyl (C=O) groups is 1. The summed E-state index contributed by atoms with van der Waals surface area (Å²) >= 11 is 0. The second-order valence-corrected chi connectivity index (χ2v) is 15.8. The van der Waals surface area contributed by atoms with Crippen LogP contribution >= 0.6 is 0 Å². The smallest absolute Gasteiger partial charge is 0.220 e. The number of hydrogen-bond acceptors (Lipinski definition) is 3. The molecule has 51 heavy (non-hydrogen) atoms. The van der Waals surface area contributed by atoms with Crippen LogP contribution in [0.15, 0.2) is 24.3 Å². The van der Waals surface area contributed by atoms with Crippen LogP contribution in [-0.4, -0.2) is 34.9 Å². The molecule has 2 atom stereocenters. The Morgan fingerprint density at radius 2 is 0.765 bits per heavy atom. The van der Waals surface area contributed by atoms with Crippen molar-refractivity contribution in [3.8, 4) is 0 Å². The molecule has 0 rings (SSSR count). The summed E-state index contributed by atoms with van der Waals surface area (Å²) in [5, 5.41) is 23.0. The molecule has 1 amide bonds. The highest BCUT2D eigenvalue weighted by Crippen LogP contribution is 2.16. The van der Waals surface area contributed by atoms with Crippen molar-refractivity contribution in [3.05, 3.63) is 24.3 Å². The first-order valence-corrected chi connectivity index (χ1v) is 23.1. The SMILES string of the molecule is CCCCCCCCCCCCCCCCCCCC/C=C/CC/C=C/C(O)C(CO)NC(=O)CCCCCCCCCCCCCCCCC. The van der Waals surface area contributed by atoms with Gasteiger partial charge in [-0.1, -0.05) is 237 Å². The first-order chi connectivity index (χ1) is 25.2. The molecule has 0 heterocycles. The number of aliphatic hydroxyl groups is 2. The monoisotopic (exact) mass is 718 g/mol. The minimum atomic E-state index is -0.858. The van der Waals surface area contributed by atoms with Gasteiger partial charge in [0.1, 0.15) is 0 Å². The van der Waals surface area contributed by atoms with Crippen LogP contribution in [0.3, 0.4) is 0 Å². The molecule has 4 heteroatoms. The molecule has 3 N–H and O–H groups in total. The van der Waals surface area contributed by atoms with Gasteiger partial charge in [0, 0.05) is 6.42 Å². The minimum absolute atomic E-state index is 0.0706. The van der Waals surface area contributed by atoms with Crippen LogP contribution in [0.4, 0.5) is 0 Å². The molecule has 0 saturated heterocycles. The third kappa shape index (κ3) is 39.9. The summed E-state index contributed by atoms with van der Waals surface area (Å²) in [6.07, 6.45) is 55.8. The van der Waals surface area contributed by atoms with Gasteiger partial charge in [0.15, 0.2) is 0 Å². The molecular weight excluding hydrogens is 627 g/mol. The van der Waals surface area contributed by atoms with Gasteiger partial charge >= 0.3 is 0 Å². The van der Waals surface area contributed by atoms with Crippen LogP contribution in [0.2, 0.25) is 0 Å². The van der Waals surface area contributed by atoms with E-state index in [9.17, 15) is 15.0 Å². The van der Waals surface area contributed by atoms with Gasteiger partial charge in [-0.25, -0.2) is 0 Å². The van der Waals surface area contributed by atoms with E-state index in [-0.39, 0.29) is 12.5 Å². The van der Waals surface area contributed by atoms with Gasteiger partial charge in [-0.2, -0.15) is 0 Å². The number of rotatable bonds is 42. The normalized spacial score (nSPS) is 13.1. The van der Waals surface area contributed by atoms with Crippen molar-refractivity contribution in [2.75, 3.05) is 6.61 Å². The number of carbonyl (C=O) groups excluding carboxylic acids is 1. The summed E-state index contributed by atoms with van der Waals surface area (Å²) in [5.41, 5.74) is 0. The average Bonchev–Trinajstić information content (AvgIpc) is 3.13. The van der Waals surface area contributed by atoms with Crippen LogP contribution in [0.5, 0.6) is 0 Å². The minimum Gasteiger partial charge on any atom is -0.394 e. The van der Waals surface area contributed by atoms with E-state index in [1.165, 1.54) is 199 Å². The fourth-order valence-electron chi connectivity index (χ4n) is 7.14. The van der Waals surface area contributed by atoms with Crippen LogP contribution in [0.25, 0.3) is 0 Å². The Balaban J connectivity index is 3.55. The molecule has 0 spiro atoms. The second-order valence-electron chi connectivity index (χ2n) is 15.8. The van der Waals surface area contributed by atoms with Crippen molar-refractivity contribution in [2.24, 2.45) is 0 Å². The molecule has 0 aliphatic heterocycles. The summed E-state index contributed by atoms with van der Waals surface area (Å²) < 4.78 is 0. The molecule has 4 nitrogen and oxygen atoms in total. The second kappa shape index (κ2) is 43.3. The van der Waals surface area contributed by atoms with Gasteiger partial charge in [0.05, 0.1) is 18.8 Å². The Bertz CT molecular complexity index is 735. The Morgan fingerprint density at radius 3 is 1.14 bits per heavy atom. The number of nitrogens with one attached hydrogen (secondary N) is 1. The molecule has 0 aromatic heterocycles. The lowest BCUT2D eigenvalue weighted by molar-refractivity contribution is -0.123. The average molecular weight is 718 g/mol. The van der Waals surface area contributed by atoms with Crippen molar-refractivity contribution in [1.82, 2.24) is 5.32 Å². The van der Waals surface area contributed by atoms with E-state index in [2.05, 4.69) is 31.3 Å². The van der Waals surface area contributed by atoms with Crippen molar-refractivity contribution in [2.45, 2.75) is 264 Å². The first-order valence-electron chi connectivity index (χ1n) is 23.1. The quantitative estimate of drug-likeness (QED) is 0.0435.